The zero-order chi connectivity index (χ0) is 22.7. The maximum atomic E-state index is 12.9. The SMILES string of the molecule is CCC(=O)N(CC(=O)Nc1nc(-c2ccc(Cl)cc2)cn1-c1cccc(OC)c1)C1CC1. The molecule has 7 nitrogen and oxygen atoms in total. The lowest BCUT2D eigenvalue weighted by atomic mass is 10.2. The first kappa shape index (κ1) is 21.9. The van der Waals surface area contributed by atoms with Crippen molar-refractivity contribution in [3.8, 4) is 22.7 Å². The maximum Gasteiger partial charge on any atom is 0.246 e. The molecule has 32 heavy (non-hydrogen) atoms. The second kappa shape index (κ2) is 9.44. The standard InChI is InChI=1S/C24H25ClN4O3/c1-3-23(31)28(18-11-12-18)15-22(30)27-24-26-21(16-7-9-17(25)10-8-16)14-29(24)19-5-4-6-20(13-19)32-2/h4-10,13-14,18H,3,11-12,15H2,1-2H3,(H,26,27,30). The second-order valence-electron chi connectivity index (χ2n) is 7.68. The third-order valence-corrected chi connectivity index (χ3v) is 5.60. The maximum absolute atomic E-state index is 12.9. The van der Waals surface area contributed by atoms with E-state index < -0.39 is 0 Å². The van der Waals surface area contributed by atoms with Gasteiger partial charge in [0.2, 0.25) is 17.8 Å². The molecular formula is C24H25ClN4O3. The summed E-state index contributed by atoms with van der Waals surface area (Å²) in [5, 5.41) is 3.53. The van der Waals surface area contributed by atoms with Crippen LogP contribution in [0, 0.1) is 0 Å². The van der Waals surface area contributed by atoms with Gasteiger partial charge in [-0.1, -0.05) is 36.7 Å². The van der Waals surface area contributed by atoms with E-state index >= 15 is 0 Å². The van der Waals surface area contributed by atoms with Crippen molar-refractivity contribution in [3.63, 3.8) is 0 Å². The van der Waals surface area contributed by atoms with Gasteiger partial charge >= 0.3 is 0 Å². The van der Waals surface area contributed by atoms with Crippen LogP contribution in [0.4, 0.5) is 5.95 Å². The van der Waals surface area contributed by atoms with Gasteiger partial charge in [-0.05, 0) is 37.1 Å². The van der Waals surface area contributed by atoms with E-state index in [2.05, 4.69) is 10.3 Å². The Morgan fingerprint density at radius 3 is 2.62 bits per heavy atom. The van der Waals surface area contributed by atoms with Gasteiger partial charge in [0, 0.05) is 35.3 Å². The monoisotopic (exact) mass is 452 g/mol. The number of benzene rings is 2. The Morgan fingerprint density at radius 2 is 1.97 bits per heavy atom. The molecule has 0 radical (unpaired) electrons. The van der Waals surface area contributed by atoms with Crippen LogP contribution in [0.15, 0.2) is 54.7 Å². The van der Waals surface area contributed by atoms with Crippen molar-refractivity contribution in [3.05, 3.63) is 59.8 Å². The minimum Gasteiger partial charge on any atom is -0.497 e. The number of methoxy groups -OCH3 is 1. The van der Waals surface area contributed by atoms with Gasteiger partial charge in [0.15, 0.2) is 0 Å². The summed E-state index contributed by atoms with van der Waals surface area (Å²) in [7, 11) is 1.60. The number of halogens is 1. The zero-order valence-corrected chi connectivity index (χ0v) is 18.8. The predicted molar refractivity (Wildman–Crippen MR) is 124 cm³/mol. The fraction of sp³-hybridized carbons (Fsp3) is 0.292. The number of carbonyl (C=O) groups excluding carboxylic acids is 2. The molecular weight excluding hydrogens is 428 g/mol. The number of hydrogen-bond donors (Lipinski definition) is 1. The number of nitrogens with zero attached hydrogens (tertiary/aromatic N) is 3. The van der Waals surface area contributed by atoms with E-state index in [0.29, 0.717) is 28.8 Å². The highest BCUT2D eigenvalue weighted by Crippen LogP contribution is 2.29. The average molecular weight is 453 g/mol. The number of aromatic nitrogens is 2. The van der Waals surface area contributed by atoms with Gasteiger partial charge in [0.25, 0.3) is 0 Å². The van der Waals surface area contributed by atoms with Crippen LogP contribution in [-0.4, -0.2) is 46.0 Å². The molecule has 1 N–H and O–H groups in total. The van der Waals surface area contributed by atoms with Crippen LogP contribution < -0.4 is 10.1 Å². The van der Waals surface area contributed by atoms with Crippen molar-refractivity contribution in [2.24, 2.45) is 0 Å². The van der Waals surface area contributed by atoms with Crippen LogP contribution in [0.5, 0.6) is 5.75 Å². The highest BCUT2D eigenvalue weighted by molar-refractivity contribution is 6.30. The van der Waals surface area contributed by atoms with Crippen LogP contribution in [0.25, 0.3) is 16.9 Å². The fourth-order valence-corrected chi connectivity index (χ4v) is 3.64. The van der Waals surface area contributed by atoms with Gasteiger partial charge in [0.05, 0.1) is 18.5 Å². The van der Waals surface area contributed by atoms with Gasteiger partial charge in [-0.25, -0.2) is 4.98 Å². The van der Waals surface area contributed by atoms with Gasteiger partial charge in [-0.3, -0.25) is 19.5 Å². The molecule has 1 saturated carbocycles. The van der Waals surface area contributed by atoms with Gasteiger partial charge in [-0.15, -0.1) is 0 Å². The molecule has 1 aliphatic carbocycles. The molecule has 0 bridgehead atoms. The Labute approximate surface area is 192 Å². The molecule has 8 heteroatoms. The number of amides is 2. The Bertz CT molecular complexity index is 1120. The number of hydrogen-bond acceptors (Lipinski definition) is 4. The smallest absolute Gasteiger partial charge is 0.246 e. The quantitative estimate of drug-likeness (QED) is 0.544. The molecule has 1 aromatic heterocycles. The van der Waals surface area contributed by atoms with Crippen LogP contribution >= 0.6 is 11.6 Å². The minimum absolute atomic E-state index is 0.0125. The zero-order valence-electron chi connectivity index (χ0n) is 18.0. The molecule has 2 aromatic carbocycles. The summed E-state index contributed by atoms with van der Waals surface area (Å²) in [4.78, 5) is 31.4. The average Bonchev–Trinajstić information content (AvgIpc) is 3.57. The first-order chi connectivity index (χ1) is 15.5. The lowest BCUT2D eigenvalue weighted by Gasteiger charge is -2.21. The van der Waals surface area contributed by atoms with Crippen molar-refractivity contribution in [2.75, 3.05) is 19.0 Å². The van der Waals surface area contributed by atoms with Crippen molar-refractivity contribution >= 4 is 29.4 Å². The van der Waals surface area contributed by atoms with E-state index in [9.17, 15) is 9.59 Å². The Hall–Kier alpha value is -3.32. The number of anilines is 1. The topological polar surface area (TPSA) is 76.5 Å². The molecule has 3 aromatic rings. The second-order valence-corrected chi connectivity index (χ2v) is 8.12. The molecule has 1 aliphatic rings. The summed E-state index contributed by atoms with van der Waals surface area (Å²) in [5.74, 6) is 0.764. The molecule has 4 rings (SSSR count). The predicted octanol–water partition coefficient (Wildman–Crippen LogP) is 4.54. The Morgan fingerprint density at radius 1 is 1.22 bits per heavy atom. The van der Waals surface area contributed by atoms with Crippen molar-refractivity contribution in [1.29, 1.82) is 0 Å². The lowest BCUT2D eigenvalue weighted by molar-refractivity contribution is -0.135. The first-order valence-corrected chi connectivity index (χ1v) is 11.0. The third-order valence-electron chi connectivity index (χ3n) is 5.35. The molecule has 166 valence electrons. The summed E-state index contributed by atoms with van der Waals surface area (Å²) in [6.07, 6.45) is 4.11. The van der Waals surface area contributed by atoms with E-state index in [-0.39, 0.29) is 24.4 Å². The van der Waals surface area contributed by atoms with E-state index in [1.54, 1.807) is 28.7 Å². The molecule has 0 saturated heterocycles. The largest absolute Gasteiger partial charge is 0.497 e. The molecule has 0 atom stereocenters. The van der Waals surface area contributed by atoms with Crippen LogP contribution in [0.1, 0.15) is 26.2 Å². The summed E-state index contributed by atoms with van der Waals surface area (Å²) < 4.78 is 7.15. The van der Waals surface area contributed by atoms with Gasteiger partial charge in [0.1, 0.15) is 12.3 Å². The highest BCUT2D eigenvalue weighted by atomic mass is 35.5. The van der Waals surface area contributed by atoms with E-state index in [1.165, 1.54) is 0 Å². The van der Waals surface area contributed by atoms with E-state index in [1.807, 2.05) is 49.5 Å². The Kier molecular flexibility index (Phi) is 6.46. The molecule has 0 spiro atoms. The summed E-state index contributed by atoms with van der Waals surface area (Å²) >= 11 is 6.02. The Balaban J connectivity index is 1.65. The number of nitrogens with one attached hydrogen (secondary N) is 1. The number of imidazole rings is 1. The molecule has 2 amide bonds. The van der Waals surface area contributed by atoms with Crippen molar-refractivity contribution in [1.82, 2.24) is 14.5 Å². The third kappa shape index (κ3) is 4.94. The van der Waals surface area contributed by atoms with Crippen LogP contribution in [0.2, 0.25) is 5.02 Å². The summed E-state index contributed by atoms with van der Waals surface area (Å²) in [6.45, 7) is 1.82. The van der Waals surface area contributed by atoms with Crippen LogP contribution in [-0.2, 0) is 9.59 Å². The summed E-state index contributed by atoms with van der Waals surface area (Å²) in [6, 6.07) is 15.0. The normalized spacial score (nSPS) is 13.0. The lowest BCUT2D eigenvalue weighted by Crippen LogP contribution is -2.39. The molecule has 0 unspecified atom stereocenters. The number of rotatable bonds is 8. The van der Waals surface area contributed by atoms with Crippen LogP contribution in [0.3, 0.4) is 0 Å². The van der Waals surface area contributed by atoms with Gasteiger partial charge in [-0.2, -0.15) is 0 Å². The molecule has 1 heterocycles. The van der Waals surface area contributed by atoms with Gasteiger partial charge < -0.3 is 9.64 Å². The molecule has 0 aliphatic heterocycles. The van der Waals surface area contributed by atoms with Crippen molar-refractivity contribution < 1.29 is 14.3 Å². The fourth-order valence-electron chi connectivity index (χ4n) is 3.51. The first-order valence-electron chi connectivity index (χ1n) is 10.6. The van der Waals surface area contributed by atoms with E-state index in [4.69, 9.17) is 16.3 Å². The highest BCUT2D eigenvalue weighted by Gasteiger charge is 2.33. The number of ether oxygens (including phenoxy) is 1. The summed E-state index contributed by atoms with van der Waals surface area (Å²) in [5.41, 5.74) is 2.34. The minimum atomic E-state index is -0.281. The molecule has 1 fully saturated rings. The van der Waals surface area contributed by atoms with Crippen molar-refractivity contribution in [2.45, 2.75) is 32.2 Å². The number of carbonyl (C=O) groups is 2. The van der Waals surface area contributed by atoms with E-state index in [0.717, 1.165) is 24.1 Å².